The van der Waals surface area contributed by atoms with Gasteiger partial charge in [0.15, 0.2) is 0 Å². The van der Waals surface area contributed by atoms with Crippen molar-refractivity contribution >= 4 is 0 Å². The number of aliphatic hydroxyl groups excluding tert-OH is 1. The summed E-state index contributed by atoms with van der Waals surface area (Å²) in [5.41, 5.74) is 2.81. The molecule has 0 heterocycles. The van der Waals surface area contributed by atoms with Crippen molar-refractivity contribution in [3.63, 3.8) is 0 Å². The van der Waals surface area contributed by atoms with E-state index >= 15 is 0 Å². The van der Waals surface area contributed by atoms with Crippen LogP contribution in [0.2, 0.25) is 0 Å². The van der Waals surface area contributed by atoms with Gasteiger partial charge < -0.3 is 15.2 Å². The lowest BCUT2D eigenvalue weighted by Crippen LogP contribution is -2.35. The highest BCUT2D eigenvalue weighted by molar-refractivity contribution is 5.31. The molecule has 0 bridgehead atoms. The third-order valence-electron chi connectivity index (χ3n) is 4.37. The SMILES string of the molecule is OCC(CCOC1CCCc2ccccc21)NC1CC1. The smallest absolute Gasteiger partial charge is 0.0827 e. The number of hydrogen-bond acceptors (Lipinski definition) is 3. The number of hydrogen-bond donors (Lipinski definition) is 2. The van der Waals surface area contributed by atoms with Gasteiger partial charge in [0.05, 0.1) is 12.7 Å². The van der Waals surface area contributed by atoms with E-state index in [-0.39, 0.29) is 18.8 Å². The zero-order valence-electron chi connectivity index (χ0n) is 12.1. The minimum atomic E-state index is 0.196. The number of aliphatic hydroxyl groups is 1. The summed E-state index contributed by atoms with van der Waals surface area (Å²) >= 11 is 0. The molecule has 3 heteroatoms. The van der Waals surface area contributed by atoms with E-state index in [2.05, 4.69) is 29.6 Å². The summed E-state index contributed by atoms with van der Waals surface area (Å²) < 4.78 is 6.09. The van der Waals surface area contributed by atoms with Gasteiger partial charge in [0.1, 0.15) is 0 Å². The number of ether oxygens (including phenoxy) is 1. The minimum Gasteiger partial charge on any atom is -0.395 e. The zero-order chi connectivity index (χ0) is 13.8. The second kappa shape index (κ2) is 6.70. The van der Waals surface area contributed by atoms with Crippen LogP contribution in [0.15, 0.2) is 24.3 Å². The Kier molecular flexibility index (Phi) is 4.71. The molecular weight excluding hydrogens is 250 g/mol. The average Bonchev–Trinajstić information content (AvgIpc) is 3.30. The van der Waals surface area contributed by atoms with Gasteiger partial charge in [-0.3, -0.25) is 0 Å². The molecule has 2 atom stereocenters. The summed E-state index contributed by atoms with van der Waals surface area (Å²) in [6.45, 7) is 0.936. The average molecular weight is 275 g/mol. The quantitative estimate of drug-likeness (QED) is 0.803. The van der Waals surface area contributed by atoms with Crippen LogP contribution in [-0.2, 0) is 11.2 Å². The number of aryl methyl sites for hydroxylation is 1. The van der Waals surface area contributed by atoms with Crippen molar-refractivity contribution in [1.82, 2.24) is 5.32 Å². The first-order valence-electron chi connectivity index (χ1n) is 7.93. The molecule has 0 amide bonds. The highest BCUT2D eigenvalue weighted by Gasteiger charge is 2.25. The monoisotopic (exact) mass is 275 g/mol. The Bertz CT molecular complexity index is 431. The number of benzene rings is 1. The van der Waals surface area contributed by atoms with Crippen molar-refractivity contribution in [3.8, 4) is 0 Å². The van der Waals surface area contributed by atoms with Crippen LogP contribution >= 0.6 is 0 Å². The van der Waals surface area contributed by atoms with Gasteiger partial charge >= 0.3 is 0 Å². The van der Waals surface area contributed by atoms with Gasteiger partial charge in [-0.2, -0.15) is 0 Å². The minimum absolute atomic E-state index is 0.196. The van der Waals surface area contributed by atoms with Gasteiger partial charge in [0, 0.05) is 18.7 Å². The molecular formula is C17H25NO2. The molecule has 20 heavy (non-hydrogen) atoms. The van der Waals surface area contributed by atoms with E-state index in [9.17, 15) is 5.11 Å². The zero-order valence-corrected chi connectivity index (χ0v) is 12.1. The molecule has 0 aliphatic heterocycles. The number of rotatable bonds is 7. The first kappa shape index (κ1) is 14.1. The summed E-state index contributed by atoms with van der Waals surface area (Å²) in [5.74, 6) is 0. The van der Waals surface area contributed by atoms with E-state index in [1.165, 1.54) is 36.8 Å². The van der Waals surface area contributed by atoms with Gasteiger partial charge in [0.25, 0.3) is 0 Å². The predicted octanol–water partition coefficient (Wildman–Crippen LogP) is 2.58. The van der Waals surface area contributed by atoms with Crippen molar-refractivity contribution in [1.29, 1.82) is 0 Å². The molecule has 1 aromatic rings. The van der Waals surface area contributed by atoms with Crippen LogP contribution in [0, 0.1) is 0 Å². The summed E-state index contributed by atoms with van der Waals surface area (Å²) in [4.78, 5) is 0. The molecule has 2 N–H and O–H groups in total. The standard InChI is InChI=1S/C17H25NO2/c19-12-15(18-14-8-9-14)10-11-20-17-7-3-5-13-4-1-2-6-16(13)17/h1-2,4,6,14-15,17-19H,3,5,7-12H2. The maximum atomic E-state index is 9.38. The summed E-state index contributed by atoms with van der Waals surface area (Å²) in [6, 6.07) is 9.47. The van der Waals surface area contributed by atoms with Crippen molar-refractivity contribution in [2.45, 2.75) is 56.7 Å². The van der Waals surface area contributed by atoms with Crippen molar-refractivity contribution < 1.29 is 9.84 Å². The van der Waals surface area contributed by atoms with E-state index in [1.807, 2.05) is 0 Å². The third kappa shape index (κ3) is 3.60. The Labute approximate surface area is 121 Å². The highest BCUT2D eigenvalue weighted by Crippen LogP contribution is 2.32. The molecule has 2 unspecified atom stereocenters. The Morgan fingerprint density at radius 2 is 2.10 bits per heavy atom. The molecule has 0 radical (unpaired) electrons. The lowest BCUT2D eigenvalue weighted by molar-refractivity contribution is 0.0317. The largest absolute Gasteiger partial charge is 0.395 e. The van der Waals surface area contributed by atoms with E-state index < -0.39 is 0 Å². The molecule has 0 saturated heterocycles. The molecule has 110 valence electrons. The van der Waals surface area contributed by atoms with Gasteiger partial charge in [-0.05, 0) is 49.7 Å². The second-order valence-corrected chi connectivity index (χ2v) is 6.06. The Morgan fingerprint density at radius 3 is 2.90 bits per heavy atom. The summed E-state index contributed by atoms with van der Waals surface area (Å²) in [7, 11) is 0. The molecule has 3 nitrogen and oxygen atoms in total. The fourth-order valence-corrected chi connectivity index (χ4v) is 3.05. The van der Waals surface area contributed by atoms with E-state index in [4.69, 9.17) is 4.74 Å². The van der Waals surface area contributed by atoms with Crippen molar-refractivity contribution in [2.75, 3.05) is 13.2 Å². The van der Waals surface area contributed by atoms with Crippen molar-refractivity contribution in [2.24, 2.45) is 0 Å². The van der Waals surface area contributed by atoms with Crippen LogP contribution in [-0.4, -0.2) is 30.4 Å². The Hall–Kier alpha value is -0.900. The van der Waals surface area contributed by atoms with Crippen LogP contribution in [0.5, 0.6) is 0 Å². The fourth-order valence-electron chi connectivity index (χ4n) is 3.05. The Morgan fingerprint density at radius 1 is 1.25 bits per heavy atom. The number of nitrogens with one attached hydrogen (secondary N) is 1. The van der Waals surface area contributed by atoms with E-state index in [0.717, 1.165) is 19.4 Å². The molecule has 2 aliphatic carbocycles. The summed E-state index contributed by atoms with van der Waals surface area (Å²) in [5, 5.41) is 12.8. The lowest BCUT2D eigenvalue weighted by Gasteiger charge is -2.26. The van der Waals surface area contributed by atoms with Gasteiger partial charge in [-0.1, -0.05) is 24.3 Å². The Balaban J connectivity index is 1.48. The first-order chi connectivity index (χ1) is 9.86. The molecule has 1 fully saturated rings. The molecule has 0 spiro atoms. The van der Waals surface area contributed by atoms with Crippen LogP contribution < -0.4 is 5.32 Å². The predicted molar refractivity (Wildman–Crippen MR) is 79.7 cm³/mol. The fraction of sp³-hybridized carbons (Fsp3) is 0.647. The topological polar surface area (TPSA) is 41.5 Å². The van der Waals surface area contributed by atoms with Gasteiger partial charge in [0.2, 0.25) is 0 Å². The molecule has 1 aromatic carbocycles. The molecule has 0 aromatic heterocycles. The van der Waals surface area contributed by atoms with Crippen molar-refractivity contribution in [3.05, 3.63) is 35.4 Å². The van der Waals surface area contributed by atoms with Crippen LogP contribution in [0.4, 0.5) is 0 Å². The normalized spacial score (nSPS) is 23.4. The second-order valence-electron chi connectivity index (χ2n) is 6.06. The molecule has 2 aliphatic rings. The van der Waals surface area contributed by atoms with Gasteiger partial charge in [-0.25, -0.2) is 0 Å². The lowest BCUT2D eigenvalue weighted by atomic mass is 9.89. The van der Waals surface area contributed by atoms with Crippen LogP contribution in [0.1, 0.15) is 49.3 Å². The van der Waals surface area contributed by atoms with E-state index in [1.54, 1.807) is 0 Å². The third-order valence-corrected chi connectivity index (χ3v) is 4.37. The maximum absolute atomic E-state index is 9.38. The number of fused-ring (bicyclic) bond motifs is 1. The first-order valence-corrected chi connectivity index (χ1v) is 7.93. The molecule has 3 rings (SSSR count). The molecule has 1 saturated carbocycles. The van der Waals surface area contributed by atoms with Gasteiger partial charge in [-0.15, -0.1) is 0 Å². The van der Waals surface area contributed by atoms with E-state index in [0.29, 0.717) is 6.04 Å². The maximum Gasteiger partial charge on any atom is 0.0827 e. The summed E-state index contributed by atoms with van der Waals surface area (Å²) in [6.07, 6.45) is 7.17. The van der Waals surface area contributed by atoms with Crippen LogP contribution in [0.25, 0.3) is 0 Å². The van der Waals surface area contributed by atoms with Crippen LogP contribution in [0.3, 0.4) is 0 Å². The highest BCUT2D eigenvalue weighted by atomic mass is 16.5.